The molecule has 2 aromatic carbocycles. The summed E-state index contributed by atoms with van der Waals surface area (Å²) in [6, 6.07) is 9.88. The summed E-state index contributed by atoms with van der Waals surface area (Å²) in [4.78, 5) is 27.8. The number of benzene rings is 2. The van der Waals surface area contributed by atoms with E-state index in [2.05, 4.69) is 32.6 Å². The number of aromatic nitrogens is 3. The molecule has 0 aliphatic heterocycles. The van der Waals surface area contributed by atoms with Crippen LogP contribution in [0.5, 0.6) is 0 Å². The lowest BCUT2D eigenvalue weighted by Gasteiger charge is -2.11. The molecule has 8 nitrogen and oxygen atoms in total. The van der Waals surface area contributed by atoms with Crippen molar-refractivity contribution in [3.63, 3.8) is 0 Å². The van der Waals surface area contributed by atoms with E-state index in [1.165, 1.54) is 0 Å². The van der Waals surface area contributed by atoms with E-state index in [4.69, 9.17) is 11.5 Å². The first-order valence-electron chi connectivity index (χ1n) is 9.64. The number of nitrogens with two attached hydrogens (primary N) is 2. The molecule has 2 heterocycles. The Balaban J connectivity index is 1.51. The van der Waals surface area contributed by atoms with Crippen molar-refractivity contribution in [2.24, 2.45) is 17.6 Å². The molecule has 0 spiro atoms. The van der Waals surface area contributed by atoms with Gasteiger partial charge in [-0.25, -0.2) is 4.98 Å². The Bertz CT molecular complexity index is 1340. The van der Waals surface area contributed by atoms with E-state index < -0.39 is 5.91 Å². The van der Waals surface area contributed by atoms with Gasteiger partial charge in [0.1, 0.15) is 5.82 Å². The molecular formula is C22H20N6O2. The highest BCUT2D eigenvalue weighted by Gasteiger charge is 2.47. The zero-order valence-electron chi connectivity index (χ0n) is 16.3. The Morgan fingerprint density at radius 2 is 1.93 bits per heavy atom. The van der Waals surface area contributed by atoms with Gasteiger partial charge >= 0.3 is 0 Å². The van der Waals surface area contributed by atoms with E-state index in [0.717, 1.165) is 38.4 Å². The second-order valence-corrected chi connectivity index (χ2v) is 7.82. The van der Waals surface area contributed by atoms with Crippen molar-refractivity contribution in [3.8, 4) is 11.1 Å². The zero-order valence-corrected chi connectivity index (χ0v) is 16.3. The van der Waals surface area contributed by atoms with Gasteiger partial charge in [-0.1, -0.05) is 0 Å². The van der Waals surface area contributed by atoms with Gasteiger partial charge in [0.25, 0.3) is 0 Å². The molecule has 1 fully saturated rings. The molecule has 1 aliphatic rings. The van der Waals surface area contributed by atoms with Crippen molar-refractivity contribution in [2.45, 2.75) is 13.3 Å². The number of H-pyrrole nitrogens is 1. The van der Waals surface area contributed by atoms with E-state index >= 15 is 0 Å². The highest BCUT2D eigenvalue weighted by atomic mass is 16.2. The molecule has 150 valence electrons. The van der Waals surface area contributed by atoms with E-state index in [1.54, 1.807) is 18.5 Å². The van der Waals surface area contributed by atoms with Crippen molar-refractivity contribution in [3.05, 3.63) is 48.3 Å². The van der Waals surface area contributed by atoms with Crippen molar-refractivity contribution in [1.82, 2.24) is 15.2 Å². The number of anilines is 2. The van der Waals surface area contributed by atoms with Crippen LogP contribution in [-0.4, -0.2) is 27.0 Å². The van der Waals surface area contributed by atoms with Gasteiger partial charge in [-0.3, -0.25) is 14.7 Å². The number of nitrogens with one attached hydrogen (secondary N) is 2. The van der Waals surface area contributed by atoms with Crippen molar-refractivity contribution in [2.75, 3.05) is 11.1 Å². The number of carbonyl (C=O) groups is 2. The lowest BCUT2D eigenvalue weighted by atomic mass is 9.96. The summed E-state index contributed by atoms with van der Waals surface area (Å²) >= 11 is 0. The second kappa shape index (κ2) is 6.55. The van der Waals surface area contributed by atoms with Crippen molar-refractivity contribution >= 4 is 45.0 Å². The first-order chi connectivity index (χ1) is 14.4. The summed E-state index contributed by atoms with van der Waals surface area (Å²) < 4.78 is 0. The Labute approximate surface area is 171 Å². The molecule has 4 aromatic rings. The minimum atomic E-state index is -0.441. The normalized spacial score (nSPS) is 17.9. The molecule has 6 N–H and O–H groups in total. The fraction of sp³-hybridized carbons (Fsp3) is 0.182. The third-order valence-electron chi connectivity index (χ3n) is 5.71. The molecule has 2 atom stereocenters. The Hall–Kier alpha value is -3.94. The fourth-order valence-corrected chi connectivity index (χ4v) is 3.94. The van der Waals surface area contributed by atoms with E-state index in [-0.39, 0.29) is 17.7 Å². The van der Waals surface area contributed by atoms with Crippen LogP contribution >= 0.6 is 0 Å². The summed E-state index contributed by atoms with van der Waals surface area (Å²) in [5.74, 6) is -1.02. The number of primary amides is 1. The van der Waals surface area contributed by atoms with Gasteiger partial charge in [-0.2, -0.15) is 5.10 Å². The second-order valence-electron chi connectivity index (χ2n) is 7.82. The van der Waals surface area contributed by atoms with Gasteiger partial charge in [0, 0.05) is 22.7 Å². The Kier molecular flexibility index (Phi) is 3.95. The van der Waals surface area contributed by atoms with E-state index in [9.17, 15) is 9.59 Å². The van der Waals surface area contributed by atoms with Crippen LogP contribution in [0.4, 0.5) is 11.5 Å². The topological polar surface area (TPSA) is 140 Å². The standard InChI is InChI=1S/C22H20N6O2/c1-10-2-19-13(8-26-28-19)4-14(10)11-3-12-6-20(25-9-17(12)18(23)5-11)27-22(30)16-7-15(16)21(24)29/h2-6,8-9,15-16H,7,23H2,1H3,(H2,24,29)(H,26,28)(H,25,27,30). The van der Waals surface area contributed by atoms with Gasteiger partial charge in [-0.05, 0) is 65.8 Å². The molecule has 2 aromatic heterocycles. The van der Waals surface area contributed by atoms with Gasteiger partial charge in [0.15, 0.2) is 0 Å². The maximum atomic E-state index is 12.3. The highest BCUT2D eigenvalue weighted by molar-refractivity contribution is 6.02. The summed E-state index contributed by atoms with van der Waals surface area (Å²) in [6.07, 6.45) is 3.92. The summed E-state index contributed by atoms with van der Waals surface area (Å²) in [7, 11) is 0. The van der Waals surface area contributed by atoms with Crippen LogP contribution in [-0.2, 0) is 9.59 Å². The average Bonchev–Trinajstić information content (AvgIpc) is 3.40. The van der Waals surface area contributed by atoms with Gasteiger partial charge in [-0.15, -0.1) is 0 Å². The number of fused-ring (bicyclic) bond motifs is 2. The number of pyridine rings is 1. The number of hydrogen-bond acceptors (Lipinski definition) is 5. The molecular weight excluding hydrogens is 380 g/mol. The van der Waals surface area contributed by atoms with E-state index in [1.807, 2.05) is 19.1 Å². The predicted molar refractivity (Wildman–Crippen MR) is 115 cm³/mol. The predicted octanol–water partition coefficient (Wildman–Crippen LogP) is 2.73. The van der Waals surface area contributed by atoms with Crippen LogP contribution in [0.2, 0.25) is 0 Å². The molecule has 0 saturated heterocycles. The van der Waals surface area contributed by atoms with Crippen LogP contribution in [0.3, 0.4) is 0 Å². The number of nitrogens with zero attached hydrogens (tertiary/aromatic N) is 2. The third kappa shape index (κ3) is 3.02. The number of aromatic amines is 1. The van der Waals surface area contributed by atoms with Crippen LogP contribution in [0.15, 0.2) is 42.7 Å². The first kappa shape index (κ1) is 18.1. The largest absolute Gasteiger partial charge is 0.398 e. The Morgan fingerprint density at radius 3 is 2.70 bits per heavy atom. The molecule has 1 aliphatic carbocycles. The van der Waals surface area contributed by atoms with Crippen LogP contribution in [0.1, 0.15) is 12.0 Å². The fourth-order valence-electron chi connectivity index (χ4n) is 3.94. The monoisotopic (exact) mass is 400 g/mol. The smallest absolute Gasteiger partial charge is 0.229 e. The minimum Gasteiger partial charge on any atom is -0.398 e. The number of nitrogen functional groups attached to an aromatic ring is 1. The molecule has 8 heteroatoms. The Morgan fingerprint density at radius 1 is 1.10 bits per heavy atom. The van der Waals surface area contributed by atoms with Crippen molar-refractivity contribution in [1.29, 1.82) is 0 Å². The minimum absolute atomic E-state index is 0.240. The van der Waals surface area contributed by atoms with Gasteiger partial charge in [0.05, 0.1) is 23.5 Å². The lowest BCUT2D eigenvalue weighted by molar-refractivity contribution is -0.123. The van der Waals surface area contributed by atoms with E-state index in [0.29, 0.717) is 17.9 Å². The van der Waals surface area contributed by atoms with Crippen LogP contribution < -0.4 is 16.8 Å². The molecule has 1 saturated carbocycles. The SMILES string of the molecule is Cc1cc2[nH]ncc2cc1-c1cc(N)c2cnc(NC(=O)C3CC3C(N)=O)cc2c1. The highest BCUT2D eigenvalue weighted by Crippen LogP contribution is 2.39. The summed E-state index contributed by atoms with van der Waals surface area (Å²) in [5.41, 5.74) is 16.3. The molecule has 2 unspecified atom stereocenters. The molecule has 0 radical (unpaired) electrons. The molecule has 0 bridgehead atoms. The quantitative estimate of drug-likeness (QED) is 0.390. The van der Waals surface area contributed by atoms with Crippen molar-refractivity contribution < 1.29 is 9.59 Å². The molecule has 30 heavy (non-hydrogen) atoms. The summed E-state index contributed by atoms with van der Waals surface area (Å²) in [5, 5.41) is 12.5. The number of carbonyl (C=O) groups excluding carboxylic acids is 2. The average molecular weight is 400 g/mol. The molecule has 5 rings (SSSR count). The number of aryl methyl sites for hydroxylation is 1. The number of amides is 2. The lowest BCUT2D eigenvalue weighted by Crippen LogP contribution is -2.21. The maximum absolute atomic E-state index is 12.3. The van der Waals surface area contributed by atoms with Gasteiger partial charge in [0.2, 0.25) is 11.8 Å². The van der Waals surface area contributed by atoms with Crippen LogP contribution in [0.25, 0.3) is 32.8 Å². The summed E-state index contributed by atoms with van der Waals surface area (Å²) in [6.45, 7) is 2.04. The number of rotatable bonds is 4. The zero-order chi connectivity index (χ0) is 21.0. The van der Waals surface area contributed by atoms with Gasteiger partial charge < -0.3 is 16.8 Å². The number of hydrogen-bond donors (Lipinski definition) is 4. The molecule has 2 amide bonds. The third-order valence-corrected chi connectivity index (χ3v) is 5.71. The van der Waals surface area contributed by atoms with Crippen LogP contribution in [0, 0.1) is 18.8 Å². The first-order valence-corrected chi connectivity index (χ1v) is 9.64. The maximum Gasteiger partial charge on any atom is 0.229 e.